The minimum Gasteiger partial charge on any atom is -0.274 e. The Kier molecular flexibility index (Phi) is 3.25. The Labute approximate surface area is 130 Å². The molecule has 3 aliphatic carbocycles. The summed E-state index contributed by atoms with van der Waals surface area (Å²) in [6.07, 6.45) is 5.67. The second-order valence-electron chi connectivity index (χ2n) is 6.87. The molecule has 3 fully saturated rings. The second kappa shape index (κ2) is 5.05. The molecule has 0 aliphatic heterocycles. The molecule has 0 radical (unpaired) electrons. The highest BCUT2D eigenvalue weighted by Gasteiger charge is 2.67. The van der Waals surface area contributed by atoms with Gasteiger partial charge in [0.1, 0.15) is 0 Å². The van der Waals surface area contributed by atoms with Crippen LogP contribution in [0.3, 0.4) is 0 Å². The molecule has 5 nitrogen and oxygen atoms in total. The van der Waals surface area contributed by atoms with Crippen LogP contribution in [0.25, 0.3) is 0 Å². The number of pyridine rings is 1. The summed E-state index contributed by atoms with van der Waals surface area (Å²) in [4.78, 5) is 16.4. The van der Waals surface area contributed by atoms with Crippen LogP contribution in [0.2, 0.25) is 0 Å². The molecule has 1 unspecified atom stereocenters. The predicted molar refractivity (Wildman–Crippen MR) is 81.2 cm³/mol. The first-order valence-electron chi connectivity index (χ1n) is 7.99. The van der Waals surface area contributed by atoms with Gasteiger partial charge in [-0.3, -0.25) is 14.5 Å². The lowest BCUT2D eigenvalue weighted by atomic mass is 10.0. The van der Waals surface area contributed by atoms with Gasteiger partial charge in [-0.15, -0.1) is 0 Å². The molecule has 6 heteroatoms. The fourth-order valence-electron chi connectivity index (χ4n) is 4.73. The van der Waals surface area contributed by atoms with Gasteiger partial charge in [-0.1, -0.05) is 6.07 Å². The molecule has 5 atom stereocenters. The number of rotatable bonds is 5. The van der Waals surface area contributed by atoms with Crippen LogP contribution in [0.5, 0.6) is 0 Å². The minimum atomic E-state index is -3.57. The molecule has 0 spiro atoms. The summed E-state index contributed by atoms with van der Waals surface area (Å²) in [6, 6.07) is 5.41. The van der Waals surface area contributed by atoms with E-state index in [-0.39, 0.29) is 17.6 Å². The Balaban J connectivity index is 1.34. The molecule has 0 saturated heterocycles. The van der Waals surface area contributed by atoms with Crippen molar-refractivity contribution in [2.75, 3.05) is 5.75 Å². The lowest BCUT2D eigenvalue weighted by Gasteiger charge is -2.10. The highest BCUT2D eigenvalue weighted by molar-refractivity contribution is 7.90. The lowest BCUT2D eigenvalue weighted by Crippen LogP contribution is -2.35. The number of fused-ring (bicyclic) bond motifs is 5. The number of nitrogens with zero attached hydrogens (tertiary/aromatic N) is 1. The van der Waals surface area contributed by atoms with Gasteiger partial charge in [-0.2, -0.15) is 0 Å². The molecule has 1 heterocycles. The van der Waals surface area contributed by atoms with Crippen molar-refractivity contribution in [2.45, 2.75) is 25.7 Å². The van der Waals surface area contributed by atoms with Crippen LogP contribution in [0.15, 0.2) is 24.4 Å². The van der Waals surface area contributed by atoms with Crippen LogP contribution in [0.1, 0.15) is 25.0 Å². The number of hydrogen-bond acceptors (Lipinski definition) is 4. The molecule has 1 aromatic heterocycles. The third-order valence-electron chi connectivity index (χ3n) is 5.65. The lowest BCUT2D eigenvalue weighted by molar-refractivity contribution is -0.121. The molecule has 22 heavy (non-hydrogen) atoms. The van der Waals surface area contributed by atoms with Gasteiger partial charge >= 0.3 is 0 Å². The maximum atomic E-state index is 12.3. The SMILES string of the molecule is O=C(NS(=O)(=O)CCc1ccccn1)C1[C@@H]2[C@H]3CC[C@H](C3)[C@H]12. The van der Waals surface area contributed by atoms with Gasteiger partial charge in [0.05, 0.1) is 5.75 Å². The van der Waals surface area contributed by atoms with Gasteiger partial charge in [0.2, 0.25) is 15.9 Å². The molecular formula is C16H20N2O3S. The minimum absolute atomic E-state index is 0.0455. The third-order valence-corrected chi connectivity index (χ3v) is 6.90. The summed E-state index contributed by atoms with van der Waals surface area (Å²) in [5.74, 6) is 1.85. The van der Waals surface area contributed by atoms with Gasteiger partial charge in [0, 0.05) is 24.2 Å². The zero-order chi connectivity index (χ0) is 15.3. The summed E-state index contributed by atoms with van der Waals surface area (Å²) < 4.78 is 26.5. The van der Waals surface area contributed by atoms with Crippen molar-refractivity contribution >= 4 is 15.9 Å². The van der Waals surface area contributed by atoms with Crippen molar-refractivity contribution in [3.63, 3.8) is 0 Å². The molecule has 1 amide bonds. The second-order valence-corrected chi connectivity index (χ2v) is 8.71. The van der Waals surface area contributed by atoms with Crippen LogP contribution in [-0.2, 0) is 21.2 Å². The van der Waals surface area contributed by atoms with Crippen LogP contribution >= 0.6 is 0 Å². The molecule has 2 bridgehead atoms. The molecule has 118 valence electrons. The number of sulfonamides is 1. The molecule has 0 aromatic carbocycles. The number of carbonyl (C=O) groups is 1. The Morgan fingerprint density at radius 3 is 2.59 bits per heavy atom. The number of aromatic nitrogens is 1. The van der Waals surface area contributed by atoms with E-state index in [1.54, 1.807) is 18.3 Å². The van der Waals surface area contributed by atoms with E-state index >= 15 is 0 Å². The van der Waals surface area contributed by atoms with E-state index in [0.717, 1.165) is 5.69 Å². The maximum Gasteiger partial charge on any atom is 0.237 e. The summed E-state index contributed by atoms with van der Waals surface area (Å²) in [5, 5.41) is 0. The van der Waals surface area contributed by atoms with Crippen molar-refractivity contribution in [1.82, 2.24) is 9.71 Å². The standard InChI is InChI=1S/C16H20N2O3S/c19-16(15-13-10-4-5-11(9-10)14(13)15)18-22(20,21)8-6-12-3-1-2-7-17-12/h1-3,7,10-11,13-15H,4-6,8-9H2,(H,18,19)/t10-,11+,13+,14-,15?. The number of carbonyl (C=O) groups excluding carboxylic acids is 1. The molecule has 4 rings (SSSR count). The van der Waals surface area contributed by atoms with Crippen molar-refractivity contribution in [1.29, 1.82) is 0 Å². The Morgan fingerprint density at radius 1 is 1.23 bits per heavy atom. The topological polar surface area (TPSA) is 76.1 Å². The Bertz CT molecular complexity index is 673. The highest BCUT2D eigenvalue weighted by atomic mass is 32.2. The van der Waals surface area contributed by atoms with Crippen LogP contribution in [0, 0.1) is 29.6 Å². The van der Waals surface area contributed by atoms with Gasteiger partial charge < -0.3 is 0 Å². The summed E-state index contributed by atoms with van der Waals surface area (Å²) in [5.41, 5.74) is 0.724. The maximum absolute atomic E-state index is 12.3. The number of nitrogens with one attached hydrogen (secondary N) is 1. The number of amides is 1. The summed E-state index contributed by atoms with van der Waals surface area (Å²) >= 11 is 0. The van der Waals surface area contributed by atoms with E-state index in [0.29, 0.717) is 30.1 Å². The van der Waals surface area contributed by atoms with E-state index in [9.17, 15) is 13.2 Å². The Morgan fingerprint density at radius 2 is 1.95 bits per heavy atom. The molecule has 3 aliphatic rings. The first kappa shape index (κ1) is 14.2. The first-order valence-corrected chi connectivity index (χ1v) is 9.64. The van der Waals surface area contributed by atoms with E-state index < -0.39 is 10.0 Å². The quantitative estimate of drug-likeness (QED) is 0.889. The van der Waals surface area contributed by atoms with Crippen LogP contribution in [0.4, 0.5) is 0 Å². The average Bonchev–Trinajstić information content (AvgIpc) is 2.95. The Hall–Kier alpha value is -1.43. The van der Waals surface area contributed by atoms with Gasteiger partial charge in [-0.25, -0.2) is 8.42 Å². The summed E-state index contributed by atoms with van der Waals surface area (Å²) in [6.45, 7) is 0. The fraction of sp³-hybridized carbons (Fsp3) is 0.625. The summed E-state index contributed by atoms with van der Waals surface area (Å²) in [7, 11) is -3.57. The predicted octanol–water partition coefficient (Wildman–Crippen LogP) is 1.36. The fourth-order valence-corrected chi connectivity index (χ4v) is 5.76. The molecule has 3 saturated carbocycles. The van der Waals surface area contributed by atoms with E-state index in [2.05, 4.69) is 9.71 Å². The van der Waals surface area contributed by atoms with Crippen molar-refractivity contribution in [3.05, 3.63) is 30.1 Å². The smallest absolute Gasteiger partial charge is 0.237 e. The first-order chi connectivity index (χ1) is 10.6. The van der Waals surface area contributed by atoms with E-state index in [4.69, 9.17) is 0 Å². The van der Waals surface area contributed by atoms with Gasteiger partial charge in [0.25, 0.3) is 0 Å². The van der Waals surface area contributed by atoms with Crippen molar-refractivity contribution in [3.8, 4) is 0 Å². The average molecular weight is 320 g/mol. The van der Waals surface area contributed by atoms with Crippen molar-refractivity contribution < 1.29 is 13.2 Å². The largest absolute Gasteiger partial charge is 0.274 e. The van der Waals surface area contributed by atoms with Crippen molar-refractivity contribution in [2.24, 2.45) is 29.6 Å². The van der Waals surface area contributed by atoms with Crippen LogP contribution < -0.4 is 4.72 Å². The van der Waals surface area contributed by atoms with Crippen LogP contribution in [-0.4, -0.2) is 25.1 Å². The number of hydrogen-bond donors (Lipinski definition) is 1. The zero-order valence-electron chi connectivity index (χ0n) is 12.3. The molecule has 1 N–H and O–H groups in total. The van der Waals surface area contributed by atoms with E-state index in [1.165, 1.54) is 19.3 Å². The number of aryl methyl sites for hydroxylation is 1. The highest BCUT2D eigenvalue weighted by Crippen LogP contribution is 2.69. The monoisotopic (exact) mass is 320 g/mol. The normalized spacial score (nSPS) is 35.2. The van der Waals surface area contributed by atoms with Gasteiger partial charge in [0.15, 0.2) is 0 Å². The molecular weight excluding hydrogens is 300 g/mol. The van der Waals surface area contributed by atoms with Gasteiger partial charge in [-0.05, 0) is 55.1 Å². The third kappa shape index (κ3) is 2.43. The molecule has 1 aromatic rings. The zero-order valence-corrected chi connectivity index (χ0v) is 13.1. The van der Waals surface area contributed by atoms with E-state index in [1.807, 2.05) is 6.07 Å².